The van der Waals surface area contributed by atoms with Gasteiger partial charge in [-0.2, -0.15) is 5.10 Å². The average molecular weight is 486 g/mol. The molecule has 2 amide bonds. The summed E-state index contributed by atoms with van der Waals surface area (Å²) in [5, 5.41) is 6.75. The van der Waals surface area contributed by atoms with Gasteiger partial charge in [-0.25, -0.2) is 10.2 Å². The molecule has 0 aliphatic heterocycles. The van der Waals surface area contributed by atoms with Crippen LogP contribution in [0.2, 0.25) is 0 Å². The molecular weight excluding hydrogens is 454 g/mol. The Kier molecular flexibility index (Phi) is 10.5. The number of carbonyl (C=O) groups excluding carboxylic acids is 3. The van der Waals surface area contributed by atoms with E-state index in [4.69, 9.17) is 14.2 Å². The van der Waals surface area contributed by atoms with E-state index in [1.807, 2.05) is 13.8 Å². The largest absolute Gasteiger partial charge is 0.497 e. The molecule has 188 valence electrons. The number of hydrazone groups is 1. The number of nitrogens with zero attached hydrogens (tertiary/aromatic N) is 1. The Morgan fingerprint density at radius 1 is 0.971 bits per heavy atom. The maximum absolute atomic E-state index is 12.7. The maximum Gasteiger partial charge on any atom is 0.343 e. The second kappa shape index (κ2) is 13.6. The van der Waals surface area contributed by atoms with Crippen molar-refractivity contribution in [3.8, 4) is 17.2 Å². The van der Waals surface area contributed by atoms with E-state index in [0.717, 1.165) is 5.56 Å². The zero-order valence-corrected chi connectivity index (χ0v) is 20.5. The molecule has 0 aromatic heterocycles. The molecule has 2 N–H and O–H groups in total. The predicted octanol–water partition coefficient (Wildman–Crippen LogP) is 2.09. The quantitative estimate of drug-likeness (QED) is 0.268. The summed E-state index contributed by atoms with van der Waals surface area (Å²) in [6.07, 6.45) is 1.56. The molecule has 2 aromatic rings. The minimum absolute atomic E-state index is 0.133. The summed E-state index contributed by atoms with van der Waals surface area (Å²) in [6.45, 7) is 3.41. The number of esters is 1. The molecule has 2 aromatic carbocycles. The standard InChI is InChI=1S/C25H31N3O7/c1-16(2)24(27-22(29)13-17-6-9-19(32-3)10-7-17)25(31)28-26-14-18-8-11-20(21(12-18)33-4)35-15-23(30)34-5/h6-12,14,16,24H,13,15H2,1-5H3,(H,27,29)(H,28,31). The Morgan fingerprint density at radius 3 is 2.29 bits per heavy atom. The van der Waals surface area contributed by atoms with E-state index in [1.165, 1.54) is 20.4 Å². The summed E-state index contributed by atoms with van der Waals surface area (Å²) < 4.78 is 20.3. The van der Waals surface area contributed by atoms with Crippen LogP contribution < -0.4 is 25.0 Å². The first-order chi connectivity index (χ1) is 16.8. The molecule has 0 saturated heterocycles. The maximum atomic E-state index is 12.7. The highest BCUT2D eigenvalue weighted by molar-refractivity contribution is 5.89. The van der Waals surface area contributed by atoms with Crippen LogP contribution in [0.15, 0.2) is 47.6 Å². The van der Waals surface area contributed by atoms with E-state index >= 15 is 0 Å². The molecule has 1 unspecified atom stereocenters. The van der Waals surface area contributed by atoms with Crippen LogP contribution in [-0.4, -0.2) is 58.0 Å². The van der Waals surface area contributed by atoms with Crippen LogP contribution >= 0.6 is 0 Å². The Morgan fingerprint density at radius 2 is 1.69 bits per heavy atom. The first-order valence-electron chi connectivity index (χ1n) is 10.9. The highest BCUT2D eigenvalue weighted by Gasteiger charge is 2.24. The van der Waals surface area contributed by atoms with Gasteiger partial charge in [-0.3, -0.25) is 9.59 Å². The van der Waals surface area contributed by atoms with Gasteiger partial charge in [0.25, 0.3) is 5.91 Å². The van der Waals surface area contributed by atoms with Gasteiger partial charge in [0.05, 0.1) is 34.0 Å². The smallest absolute Gasteiger partial charge is 0.343 e. The molecule has 0 heterocycles. The molecule has 35 heavy (non-hydrogen) atoms. The number of nitrogens with one attached hydrogen (secondary N) is 2. The molecule has 0 fully saturated rings. The highest BCUT2D eigenvalue weighted by atomic mass is 16.6. The van der Waals surface area contributed by atoms with Gasteiger partial charge in [0.2, 0.25) is 5.91 Å². The second-order valence-corrected chi connectivity index (χ2v) is 7.82. The molecule has 10 heteroatoms. The second-order valence-electron chi connectivity index (χ2n) is 7.82. The van der Waals surface area contributed by atoms with E-state index < -0.39 is 17.9 Å². The molecule has 0 aliphatic carbocycles. The summed E-state index contributed by atoms with van der Waals surface area (Å²) in [5.41, 5.74) is 3.89. The van der Waals surface area contributed by atoms with Crippen LogP contribution in [0.25, 0.3) is 0 Å². The summed E-state index contributed by atoms with van der Waals surface area (Å²) in [7, 11) is 4.31. The third-order valence-electron chi connectivity index (χ3n) is 4.94. The third kappa shape index (κ3) is 8.65. The fourth-order valence-corrected chi connectivity index (χ4v) is 3.01. The fourth-order valence-electron chi connectivity index (χ4n) is 3.01. The van der Waals surface area contributed by atoms with Crippen molar-refractivity contribution in [3.05, 3.63) is 53.6 Å². The summed E-state index contributed by atoms with van der Waals surface area (Å²) in [5.74, 6) is 0.0538. The number of hydrogen-bond donors (Lipinski definition) is 2. The summed E-state index contributed by atoms with van der Waals surface area (Å²) in [4.78, 5) is 36.4. The SMILES string of the molecule is COC(=O)COc1ccc(C=NNC(=O)C(NC(=O)Cc2ccc(OC)cc2)C(C)C)cc1OC. The lowest BCUT2D eigenvalue weighted by Crippen LogP contribution is -2.49. The molecule has 1 atom stereocenters. The average Bonchev–Trinajstić information content (AvgIpc) is 2.86. The molecular formula is C25H31N3O7. The van der Waals surface area contributed by atoms with E-state index in [0.29, 0.717) is 22.8 Å². The van der Waals surface area contributed by atoms with E-state index in [2.05, 4.69) is 20.6 Å². The Balaban J connectivity index is 1.96. The molecule has 0 saturated carbocycles. The number of amides is 2. The van der Waals surface area contributed by atoms with Crippen molar-refractivity contribution in [2.24, 2.45) is 11.0 Å². The number of carbonyl (C=O) groups is 3. The number of ether oxygens (including phenoxy) is 4. The first-order valence-corrected chi connectivity index (χ1v) is 10.9. The number of methoxy groups -OCH3 is 3. The van der Waals surface area contributed by atoms with Gasteiger partial charge in [0.15, 0.2) is 18.1 Å². The molecule has 0 aliphatic rings. The minimum atomic E-state index is -0.762. The van der Waals surface area contributed by atoms with Crippen molar-refractivity contribution < 1.29 is 33.3 Å². The zero-order valence-electron chi connectivity index (χ0n) is 20.5. The van der Waals surface area contributed by atoms with Crippen molar-refractivity contribution in [2.75, 3.05) is 27.9 Å². The van der Waals surface area contributed by atoms with Crippen molar-refractivity contribution in [2.45, 2.75) is 26.3 Å². The van der Waals surface area contributed by atoms with E-state index in [1.54, 1.807) is 49.6 Å². The lowest BCUT2D eigenvalue weighted by Gasteiger charge is -2.20. The highest BCUT2D eigenvalue weighted by Crippen LogP contribution is 2.27. The monoisotopic (exact) mass is 485 g/mol. The van der Waals surface area contributed by atoms with Gasteiger partial charge in [-0.1, -0.05) is 26.0 Å². The van der Waals surface area contributed by atoms with Gasteiger partial charge in [-0.15, -0.1) is 0 Å². The van der Waals surface area contributed by atoms with E-state index in [-0.39, 0.29) is 24.9 Å². The zero-order chi connectivity index (χ0) is 25.8. The minimum Gasteiger partial charge on any atom is -0.497 e. The van der Waals surface area contributed by atoms with Gasteiger partial charge in [-0.05, 0) is 47.4 Å². The van der Waals surface area contributed by atoms with Crippen molar-refractivity contribution in [1.29, 1.82) is 0 Å². The van der Waals surface area contributed by atoms with Crippen LogP contribution in [0.1, 0.15) is 25.0 Å². The van der Waals surface area contributed by atoms with Crippen LogP contribution in [0, 0.1) is 5.92 Å². The van der Waals surface area contributed by atoms with Gasteiger partial charge in [0.1, 0.15) is 11.8 Å². The summed E-state index contributed by atoms with van der Waals surface area (Å²) >= 11 is 0. The lowest BCUT2D eigenvalue weighted by atomic mass is 10.0. The Hall–Kier alpha value is -4.08. The third-order valence-corrected chi connectivity index (χ3v) is 4.94. The van der Waals surface area contributed by atoms with E-state index in [9.17, 15) is 14.4 Å². The lowest BCUT2D eigenvalue weighted by molar-refractivity contribution is -0.143. The van der Waals surface area contributed by atoms with Crippen molar-refractivity contribution >= 4 is 24.0 Å². The fraction of sp³-hybridized carbons (Fsp3) is 0.360. The number of benzene rings is 2. The normalized spacial score (nSPS) is 11.6. The van der Waals surface area contributed by atoms with Gasteiger partial charge in [0, 0.05) is 0 Å². The molecule has 0 radical (unpaired) electrons. The number of rotatable bonds is 12. The van der Waals surface area contributed by atoms with Crippen LogP contribution in [-0.2, 0) is 25.5 Å². The van der Waals surface area contributed by atoms with Crippen LogP contribution in [0.5, 0.6) is 17.2 Å². The molecule has 2 rings (SSSR count). The Labute approximate surface area is 204 Å². The molecule has 0 spiro atoms. The predicted molar refractivity (Wildman–Crippen MR) is 130 cm³/mol. The van der Waals surface area contributed by atoms with Gasteiger partial charge >= 0.3 is 5.97 Å². The topological polar surface area (TPSA) is 125 Å². The summed E-state index contributed by atoms with van der Waals surface area (Å²) in [6, 6.07) is 11.3. The molecule has 10 nitrogen and oxygen atoms in total. The Bertz CT molecular complexity index is 1040. The van der Waals surface area contributed by atoms with Crippen LogP contribution in [0.3, 0.4) is 0 Å². The van der Waals surface area contributed by atoms with Crippen molar-refractivity contribution in [1.82, 2.24) is 10.7 Å². The van der Waals surface area contributed by atoms with Crippen LogP contribution in [0.4, 0.5) is 0 Å². The number of hydrogen-bond acceptors (Lipinski definition) is 8. The van der Waals surface area contributed by atoms with Crippen molar-refractivity contribution in [3.63, 3.8) is 0 Å². The molecule has 0 bridgehead atoms. The van der Waals surface area contributed by atoms with Gasteiger partial charge < -0.3 is 24.3 Å². The first kappa shape index (κ1) is 27.2.